The van der Waals surface area contributed by atoms with E-state index >= 15 is 0 Å². The van der Waals surface area contributed by atoms with Crippen LogP contribution in [0.1, 0.15) is 11.1 Å². The second-order valence-corrected chi connectivity index (χ2v) is 6.87. The van der Waals surface area contributed by atoms with Crippen LogP contribution in [-0.4, -0.2) is 15.9 Å². The predicted molar refractivity (Wildman–Crippen MR) is 115 cm³/mol. The standard InChI is InChI=1S/C24H21N3O/c1-4-22(28)27-19-10-6-9-18(12-19)20-13-25-24-23(16(20)3)21(14-26-24)17-8-5-7-15(2)11-17/h4-14H,1H2,2-3H3,(H,25,26)(H,27,28). The molecule has 4 heteroatoms. The SMILES string of the molecule is C=CC(=O)Nc1cccc(-c2cnc3[nH]cc(-c4cccc(C)c4)c3c2C)c1. The number of H-pyrrole nitrogens is 1. The molecular formula is C24H21N3O. The molecule has 0 bridgehead atoms. The fourth-order valence-corrected chi connectivity index (χ4v) is 3.54. The molecule has 4 rings (SSSR count). The van der Waals surface area contributed by atoms with E-state index in [-0.39, 0.29) is 5.91 Å². The molecule has 28 heavy (non-hydrogen) atoms. The summed E-state index contributed by atoms with van der Waals surface area (Å²) >= 11 is 0. The van der Waals surface area contributed by atoms with Gasteiger partial charge in [0.25, 0.3) is 0 Å². The third kappa shape index (κ3) is 3.21. The van der Waals surface area contributed by atoms with E-state index in [2.05, 4.69) is 60.0 Å². The summed E-state index contributed by atoms with van der Waals surface area (Å²) in [5, 5.41) is 3.93. The highest BCUT2D eigenvalue weighted by Crippen LogP contribution is 2.35. The van der Waals surface area contributed by atoms with Crippen LogP contribution in [0.3, 0.4) is 0 Å². The van der Waals surface area contributed by atoms with Gasteiger partial charge in [0, 0.05) is 34.6 Å². The molecule has 0 aliphatic heterocycles. The molecule has 0 aliphatic carbocycles. The van der Waals surface area contributed by atoms with Crippen molar-refractivity contribution in [3.63, 3.8) is 0 Å². The van der Waals surface area contributed by atoms with E-state index < -0.39 is 0 Å². The van der Waals surface area contributed by atoms with Crippen molar-refractivity contribution in [3.05, 3.63) is 84.7 Å². The predicted octanol–water partition coefficient (Wildman–Crippen LogP) is 5.64. The minimum Gasteiger partial charge on any atom is -0.346 e. The Balaban J connectivity index is 1.85. The van der Waals surface area contributed by atoms with Crippen molar-refractivity contribution in [1.82, 2.24) is 9.97 Å². The molecule has 138 valence electrons. The maximum atomic E-state index is 11.6. The number of rotatable bonds is 4. The lowest BCUT2D eigenvalue weighted by molar-refractivity contribution is -0.111. The van der Waals surface area contributed by atoms with Gasteiger partial charge in [0.05, 0.1) is 0 Å². The van der Waals surface area contributed by atoms with Gasteiger partial charge >= 0.3 is 0 Å². The average molecular weight is 367 g/mol. The van der Waals surface area contributed by atoms with Gasteiger partial charge in [0.15, 0.2) is 0 Å². The maximum Gasteiger partial charge on any atom is 0.247 e. The first-order valence-corrected chi connectivity index (χ1v) is 9.14. The van der Waals surface area contributed by atoms with Gasteiger partial charge in [-0.15, -0.1) is 0 Å². The van der Waals surface area contributed by atoms with Crippen molar-refractivity contribution in [2.75, 3.05) is 5.32 Å². The third-order valence-electron chi connectivity index (χ3n) is 4.92. The second-order valence-electron chi connectivity index (χ2n) is 6.87. The average Bonchev–Trinajstić information content (AvgIpc) is 3.13. The minimum atomic E-state index is -0.227. The molecule has 0 unspecified atom stereocenters. The van der Waals surface area contributed by atoms with Gasteiger partial charge in [-0.3, -0.25) is 4.79 Å². The van der Waals surface area contributed by atoms with Crippen molar-refractivity contribution >= 4 is 22.6 Å². The molecule has 0 saturated heterocycles. The number of hydrogen-bond donors (Lipinski definition) is 2. The molecule has 2 heterocycles. The van der Waals surface area contributed by atoms with Crippen LogP contribution in [0.15, 0.2) is 73.6 Å². The number of pyridine rings is 1. The van der Waals surface area contributed by atoms with Crippen LogP contribution < -0.4 is 5.32 Å². The van der Waals surface area contributed by atoms with Crippen molar-refractivity contribution in [1.29, 1.82) is 0 Å². The van der Waals surface area contributed by atoms with Gasteiger partial charge in [0.1, 0.15) is 5.65 Å². The van der Waals surface area contributed by atoms with E-state index in [1.54, 1.807) is 0 Å². The highest BCUT2D eigenvalue weighted by atomic mass is 16.1. The second kappa shape index (κ2) is 7.16. The number of nitrogens with one attached hydrogen (secondary N) is 2. The summed E-state index contributed by atoms with van der Waals surface area (Å²) in [5.74, 6) is -0.227. The number of carbonyl (C=O) groups excluding carboxylic acids is 1. The number of aromatic nitrogens is 2. The topological polar surface area (TPSA) is 57.8 Å². The fourth-order valence-electron chi connectivity index (χ4n) is 3.54. The van der Waals surface area contributed by atoms with Gasteiger partial charge in [0.2, 0.25) is 5.91 Å². The number of fused-ring (bicyclic) bond motifs is 1. The summed E-state index contributed by atoms with van der Waals surface area (Å²) < 4.78 is 0. The molecular weight excluding hydrogens is 346 g/mol. The summed E-state index contributed by atoms with van der Waals surface area (Å²) in [7, 11) is 0. The first kappa shape index (κ1) is 17.7. The summed E-state index contributed by atoms with van der Waals surface area (Å²) in [6, 6.07) is 16.2. The zero-order valence-corrected chi connectivity index (χ0v) is 15.9. The summed E-state index contributed by atoms with van der Waals surface area (Å²) in [4.78, 5) is 19.5. The third-order valence-corrected chi connectivity index (χ3v) is 4.92. The molecule has 0 aliphatic rings. The number of nitrogens with zero attached hydrogens (tertiary/aromatic N) is 1. The molecule has 2 aromatic heterocycles. The monoisotopic (exact) mass is 367 g/mol. The van der Waals surface area contributed by atoms with Crippen molar-refractivity contribution in [3.8, 4) is 22.3 Å². The van der Waals surface area contributed by atoms with E-state index in [4.69, 9.17) is 0 Å². The number of hydrogen-bond acceptors (Lipinski definition) is 2. The smallest absolute Gasteiger partial charge is 0.247 e. The highest BCUT2D eigenvalue weighted by molar-refractivity contribution is 6.01. The van der Waals surface area contributed by atoms with Gasteiger partial charge in [-0.1, -0.05) is 48.5 Å². The van der Waals surface area contributed by atoms with E-state index in [9.17, 15) is 4.79 Å². The molecule has 1 amide bonds. The number of benzene rings is 2. The van der Waals surface area contributed by atoms with Crippen molar-refractivity contribution in [2.45, 2.75) is 13.8 Å². The summed E-state index contributed by atoms with van der Waals surface area (Å²) in [6.45, 7) is 7.71. The lowest BCUT2D eigenvalue weighted by Crippen LogP contribution is -2.07. The van der Waals surface area contributed by atoms with Crippen LogP contribution in [0, 0.1) is 13.8 Å². The minimum absolute atomic E-state index is 0.227. The largest absolute Gasteiger partial charge is 0.346 e. The van der Waals surface area contributed by atoms with Crippen LogP contribution in [-0.2, 0) is 4.79 Å². The quantitative estimate of drug-likeness (QED) is 0.459. The normalized spacial score (nSPS) is 10.8. The molecule has 0 radical (unpaired) electrons. The summed E-state index contributed by atoms with van der Waals surface area (Å²) in [5.41, 5.74) is 8.32. The van der Waals surface area contributed by atoms with Gasteiger partial charge in [-0.2, -0.15) is 0 Å². The number of aromatic amines is 1. The van der Waals surface area contributed by atoms with Crippen molar-refractivity contribution < 1.29 is 4.79 Å². The Labute approximate surface area is 164 Å². The lowest BCUT2D eigenvalue weighted by atomic mass is 9.96. The molecule has 0 atom stereocenters. The lowest BCUT2D eigenvalue weighted by Gasteiger charge is -2.11. The van der Waals surface area contributed by atoms with Crippen LogP contribution in [0.25, 0.3) is 33.3 Å². The molecule has 2 N–H and O–H groups in total. The van der Waals surface area contributed by atoms with E-state index in [0.717, 1.165) is 39.0 Å². The fraction of sp³-hybridized carbons (Fsp3) is 0.0833. The molecule has 4 nitrogen and oxygen atoms in total. The van der Waals surface area contributed by atoms with Crippen LogP contribution in [0.5, 0.6) is 0 Å². The van der Waals surface area contributed by atoms with E-state index in [0.29, 0.717) is 0 Å². The highest BCUT2D eigenvalue weighted by Gasteiger charge is 2.14. The first-order chi connectivity index (χ1) is 13.6. The Morgan fingerprint density at radius 2 is 1.82 bits per heavy atom. The Morgan fingerprint density at radius 3 is 2.57 bits per heavy atom. The Bertz CT molecular complexity index is 1200. The van der Waals surface area contributed by atoms with Gasteiger partial charge < -0.3 is 10.3 Å². The number of aryl methyl sites for hydroxylation is 2. The molecule has 2 aromatic carbocycles. The number of amides is 1. The summed E-state index contributed by atoms with van der Waals surface area (Å²) in [6.07, 6.45) is 5.16. The Kier molecular flexibility index (Phi) is 4.53. The molecule has 4 aromatic rings. The first-order valence-electron chi connectivity index (χ1n) is 9.14. The number of anilines is 1. The zero-order chi connectivity index (χ0) is 19.7. The van der Waals surface area contributed by atoms with Crippen LogP contribution in [0.4, 0.5) is 5.69 Å². The van der Waals surface area contributed by atoms with Crippen LogP contribution >= 0.6 is 0 Å². The molecule has 0 fully saturated rings. The van der Waals surface area contributed by atoms with Crippen molar-refractivity contribution in [2.24, 2.45) is 0 Å². The Morgan fingerprint density at radius 1 is 1.07 bits per heavy atom. The molecule has 0 saturated carbocycles. The Hall–Kier alpha value is -3.66. The van der Waals surface area contributed by atoms with E-state index in [1.165, 1.54) is 17.2 Å². The van der Waals surface area contributed by atoms with E-state index in [1.807, 2.05) is 36.7 Å². The molecule has 0 spiro atoms. The zero-order valence-electron chi connectivity index (χ0n) is 15.9. The number of carbonyl (C=O) groups is 1. The van der Waals surface area contributed by atoms with Crippen LogP contribution in [0.2, 0.25) is 0 Å². The van der Waals surface area contributed by atoms with Gasteiger partial charge in [-0.25, -0.2) is 4.98 Å². The maximum absolute atomic E-state index is 11.6. The van der Waals surface area contributed by atoms with Gasteiger partial charge in [-0.05, 0) is 48.7 Å².